The smallest absolute Gasteiger partial charge is 0.229 e. The number of hydrogen-bond acceptors (Lipinski definition) is 5. The van der Waals surface area contributed by atoms with Crippen LogP contribution in [0.2, 0.25) is 0 Å². The minimum atomic E-state index is -3.54. The van der Waals surface area contributed by atoms with Crippen LogP contribution in [0, 0.1) is 11.8 Å². The molecule has 1 unspecified atom stereocenters. The van der Waals surface area contributed by atoms with Crippen molar-refractivity contribution in [2.24, 2.45) is 11.8 Å². The number of imide groups is 1. The molecule has 1 atom stereocenters. The van der Waals surface area contributed by atoms with Crippen molar-refractivity contribution >= 4 is 21.8 Å². The van der Waals surface area contributed by atoms with Gasteiger partial charge in [-0.2, -0.15) is 4.39 Å². The van der Waals surface area contributed by atoms with Gasteiger partial charge in [-0.3, -0.25) is 14.9 Å². The summed E-state index contributed by atoms with van der Waals surface area (Å²) in [6.45, 7) is 0.464. The van der Waals surface area contributed by atoms with Crippen LogP contribution < -0.4 is 10.0 Å². The second-order valence-corrected chi connectivity index (χ2v) is 11.8. The van der Waals surface area contributed by atoms with E-state index in [-0.39, 0.29) is 29.2 Å². The molecule has 0 spiro atoms. The molecule has 1 heterocycles. The van der Waals surface area contributed by atoms with Crippen molar-refractivity contribution in [2.45, 2.75) is 82.6 Å². The highest BCUT2D eigenvalue weighted by molar-refractivity contribution is 7.89. The van der Waals surface area contributed by atoms with E-state index in [4.69, 9.17) is 4.74 Å². The molecule has 0 bridgehead atoms. The quantitative estimate of drug-likeness (QED) is 0.246. The first-order chi connectivity index (χ1) is 16.3. The Hall–Kier alpha value is -2.18. The van der Waals surface area contributed by atoms with Crippen LogP contribution in [0.3, 0.4) is 0 Å². The first-order valence-electron chi connectivity index (χ1n) is 12.4. The molecule has 0 aromatic heterocycles. The number of hydrogen-bond donors (Lipinski definition) is 2. The molecule has 34 heavy (non-hydrogen) atoms. The van der Waals surface area contributed by atoms with Gasteiger partial charge < -0.3 is 4.74 Å². The molecule has 4 rings (SSSR count). The molecule has 1 aliphatic heterocycles. The summed E-state index contributed by atoms with van der Waals surface area (Å²) in [4.78, 5) is 23.0. The van der Waals surface area contributed by atoms with Gasteiger partial charge in [0.1, 0.15) is 0 Å². The summed E-state index contributed by atoms with van der Waals surface area (Å²) in [5.41, 5.74) is 5.05. The fourth-order valence-electron chi connectivity index (χ4n) is 4.94. The largest absolute Gasteiger partial charge is 0.489 e. The van der Waals surface area contributed by atoms with E-state index >= 15 is 0 Å². The molecule has 0 aromatic rings. The Morgan fingerprint density at radius 1 is 1.12 bits per heavy atom. The molecule has 3 fully saturated rings. The fraction of sp³-hybridized carbons (Fsp3) is 0.680. The van der Waals surface area contributed by atoms with Crippen molar-refractivity contribution in [1.82, 2.24) is 10.0 Å². The summed E-state index contributed by atoms with van der Waals surface area (Å²) >= 11 is 0. The first-order valence-corrected chi connectivity index (χ1v) is 14.0. The van der Waals surface area contributed by atoms with Crippen LogP contribution in [-0.2, 0) is 24.3 Å². The fourth-order valence-corrected chi connectivity index (χ4v) is 6.53. The molecular formula is C25H33FN2O5S. The van der Waals surface area contributed by atoms with Crippen LogP contribution >= 0.6 is 0 Å². The number of piperidine rings is 1. The van der Waals surface area contributed by atoms with E-state index in [2.05, 4.69) is 21.5 Å². The maximum atomic E-state index is 14.2. The molecular weight excluding hydrogens is 459 g/mol. The molecule has 7 nitrogen and oxygen atoms in total. The lowest BCUT2D eigenvalue weighted by atomic mass is 9.92. The second kappa shape index (κ2) is 10.6. The van der Waals surface area contributed by atoms with Gasteiger partial charge in [0.15, 0.2) is 5.76 Å². The topological polar surface area (TPSA) is 102 Å². The Bertz CT molecular complexity index is 1060. The highest BCUT2D eigenvalue weighted by atomic mass is 32.2. The third-order valence-corrected chi connectivity index (χ3v) is 8.71. The second-order valence-electron chi connectivity index (χ2n) is 9.95. The maximum Gasteiger partial charge on any atom is 0.229 e. The number of amides is 2. The Kier molecular flexibility index (Phi) is 7.78. The molecule has 2 N–H and O–H groups in total. The Balaban J connectivity index is 1.24. The van der Waals surface area contributed by atoms with Gasteiger partial charge in [0.25, 0.3) is 0 Å². The molecule has 1 saturated heterocycles. The monoisotopic (exact) mass is 492 g/mol. The molecule has 4 aliphatic rings. The minimum Gasteiger partial charge on any atom is -0.489 e. The number of unbranched alkanes of at least 4 members (excludes halogenated alkanes) is 2. The number of allylic oxidation sites excluding steroid dienone is 1. The summed E-state index contributed by atoms with van der Waals surface area (Å²) in [5, 5.41) is 2.35. The van der Waals surface area contributed by atoms with E-state index in [1.807, 2.05) is 0 Å². The van der Waals surface area contributed by atoms with Gasteiger partial charge in [-0.15, -0.1) is 0 Å². The average Bonchev–Trinajstić information content (AvgIpc) is 3.35. The number of halogens is 1. The average molecular weight is 493 g/mol. The van der Waals surface area contributed by atoms with Crippen LogP contribution in [0.5, 0.6) is 0 Å². The molecule has 2 saturated carbocycles. The molecule has 3 aliphatic carbocycles. The predicted molar refractivity (Wildman–Crippen MR) is 124 cm³/mol. The van der Waals surface area contributed by atoms with Crippen LogP contribution in [-0.4, -0.2) is 38.1 Å². The summed E-state index contributed by atoms with van der Waals surface area (Å²) in [6.07, 6.45) is 10.8. The molecule has 186 valence electrons. The third kappa shape index (κ3) is 6.48. The Labute approximate surface area is 200 Å². The molecule has 0 radical (unpaired) electrons. The highest BCUT2D eigenvalue weighted by Crippen LogP contribution is 2.44. The van der Waals surface area contributed by atoms with Gasteiger partial charge in [-0.05, 0) is 62.7 Å². The summed E-state index contributed by atoms with van der Waals surface area (Å²) in [7, 11) is -3.54. The zero-order valence-electron chi connectivity index (χ0n) is 19.5. The number of nitrogens with one attached hydrogen (secondary N) is 2. The molecule has 2 amide bonds. The Morgan fingerprint density at radius 3 is 2.59 bits per heavy atom. The number of ether oxygens (including phenoxy) is 1. The zero-order chi connectivity index (χ0) is 24.2. The van der Waals surface area contributed by atoms with Gasteiger partial charge in [0.05, 0.1) is 17.9 Å². The van der Waals surface area contributed by atoms with Crippen LogP contribution in [0.25, 0.3) is 0 Å². The number of rotatable bonds is 12. The van der Waals surface area contributed by atoms with Crippen molar-refractivity contribution in [1.29, 1.82) is 0 Å². The van der Waals surface area contributed by atoms with Crippen molar-refractivity contribution in [3.63, 3.8) is 0 Å². The SMILES string of the molecule is O=C1CCC(CCCCCS(=O)(=O)NC2(C3=C=C=C(F)C(OCC4CCCC4)=C3)CC2)C(=O)N1. The van der Waals surface area contributed by atoms with Crippen LogP contribution in [0.4, 0.5) is 4.39 Å². The highest BCUT2D eigenvalue weighted by Gasteiger charge is 2.49. The standard InChI is InChI=1S/C25H33FN2O5S/c26-21-11-10-20(16-22(21)33-17-18-6-3-4-7-18)25(13-14-25)28-34(31,32)15-5-1-2-8-19-9-12-23(29)27-24(19)30/h16,18-19,28H,1-9,12-15,17H2,(H,27,29,30). The van der Waals surface area contributed by atoms with E-state index < -0.39 is 21.4 Å². The van der Waals surface area contributed by atoms with Crippen molar-refractivity contribution in [3.05, 3.63) is 34.7 Å². The minimum absolute atomic E-state index is 0.0138. The van der Waals surface area contributed by atoms with E-state index in [9.17, 15) is 22.4 Å². The van der Waals surface area contributed by atoms with Crippen molar-refractivity contribution in [2.75, 3.05) is 12.4 Å². The molecule has 0 aromatic carbocycles. The van der Waals surface area contributed by atoms with E-state index in [1.54, 1.807) is 6.08 Å². The van der Waals surface area contributed by atoms with Gasteiger partial charge in [-0.25, -0.2) is 13.1 Å². The van der Waals surface area contributed by atoms with Gasteiger partial charge in [0.2, 0.25) is 27.7 Å². The lowest BCUT2D eigenvalue weighted by Gasteiger charge is -2.21. The van der Waals surface area contributed by atoms with Gasteiger partial charge in [0, 0.05) is 17.9 Å². The summed E-state index contributed by atoms with van der Waals surface area (Å²) in [6, 6.07) is 0. The number of carbonyl (C=O) groups is 2. The number of carbonyl (C=O) groups excluding carboxylic acids is 2. The number of sulfonamides is 1. The predicted octanol–water partition coefficient (Wildman–Crippen LogP) is 3.69. The lowest BCUT2D eigenvalue weighted by molar-refractivity contribution is -0.136. The Morgan fingerprint density at radius 2 is 1.88 bits per heavy atom. The zero-order valence-corrected chi connectivity index (χ0v) is 20.3. The summed E-state index contributed by atoms with van der Waals surface area (Å²) in [5.74, 6) is -0.681. The van der Waals surface area contributed by atoms with Crippen LogP contribution in [0.1, 0.15) is 77.0 Å². The molecule has 9 heteroatoms. The van der Waals surface area contributed by atoms with E-state index in [1.165, 1.54) is 12.8 Å². The normalized spacial score (nSPS) is 24.4. The van der Waals surface area contributed by atoms with Gasteiger partial charge >= 0.3 is 0 Å². The van der Waals surface area contributed by atoms with Crippen LogP contribution in [0.15, 0.2) is 34.7 Å². The lowest BCUT2D eigenvalue weighted by Crippen LogP contribution is -2.40. The van der Waals surface area contributed by atoms with Crippen molar-refractivity contribution < 1.29 is 27.1 Å². The van der Waals surface area contributed by atoms with E-state index in [0.29, 0.717) is 63.0 Å². The van der Waals surface area contributed by atoms with E-state index in [0.717, 1.165) is 19.3 Å². The third-order valence-electron chi connectivity index (χ3n) is 7.18. The maximum absolute atomic E-state index is 14.2. The van der Waals surface area contributed by atoms with Gasteiger partial charge in [-0.1, -0.05) is 31.4 Å². The van der Waals surface area contributed by atoms with Crippen molar-refractivity contribution in [3.8, 4) is 0 Å². The first kappa shape index (κ1) is 24.9. The summed E-state index contributed by atoms with van der Waals surface area (Å²) < 4.78 is 48.2.